The van der Waals surface area contributed by atoms with Crippen LogP contribution in [0.4, 0.5) is 0 Å². The van der Waals surface area contributed by atoms with E-state index in [2.05, 4.69) is 5.32 Å². The fourth-order valence-corrected chi connectivity index (χ4v) is 2.91. The Bertz CT molecular complexity index is 509. The molecule has 1 aromatic carbocycles. The first kappa shape index (κ1) is 12.6. The lowest BCUT2D eigenvalue weighted by Crippen LogP contribution is -2.54. The van der Waals surface area contributed by atoms with E-state index in [9.17, 15) is 9.90 Å². The summed E-state index contributed by atoms with van der Waals surface area (Å²) < 4.78 is 0. The summed E-state index contributed by atoms with van der Waals surface area (Å²) in [7, 11) is 0. The zero-order valence-electron chi connectivity index (χ0n) is 11.1. The molecule has 19 heavy (non-hydrogen) atoms. The Hall–Kier alpha value is -1.39. The number of aliphatic hydroxyl groups is 1. The summed E-state index contributed by atoms with van der Waals surface area (Å²) in [6.07, 6.45) is 2.07. The Morgan fingerprint density at radius 3 is 2.79 bits per heavy atom. The van der Waals surface area contributed by atoms with Gasteiger partial charge in [-0.2, -0.15) is 0 Å². The number of carbonyl (C=O) groups excluding carboxylic acids is 1. The van der Waals surface area contributed by atoms with E-state index in [1.54, 1.807) is 6.92 Å². The lowest BCUT2D eigenvalue weighted by atomic mass is 9.95. The van der Waals surface area contributed by atoms with Gasteiger partial charge in [-0.3, -0.25) is 4.79 Å². The van der Waals surface area contributed by atoms with Crippen molar-refractivity contribution in [2.45, 2.75) is 43.9 Å². The van der Waals surface area contributed by atoms with Crippen molar-refractivity contribution in [2.24, 2.45) is 11.7 Å². The molecule has 0 aromatic heterocycles. The standard InChI is InChI=1S/C15H20N2O2/c1-15(16,10-6-7-10)14(19)17-13-11-5-3-2-4-9(11)8-12(13)18/h2-5,10,12-13,18H,6-8,16H2,1H3,(H,17,19)/t12-,13+,15?/m0/s1. The topological polar surface area (TPSA) is 75.4 Å². The van der Waals surface area contributed by atoms with Crippen LogP contribution in [0.5, 0.6) is 0 Å². The van der Waals surface area contributed by atoms with Gasteiger partial charge in [-0.05, 0) is 36.8 Å². The van der Waals surface area contributed by atoms with Gasteiger partial charge in [-0.1, -0.05) is 24.3 Å². The molecule has 1 aromatic rings. The highest BCUT2D eigenvalue weighted by atomic mass is 16.3. The highest BCUT2D eigenvalue weighted by Gasteiger charge is 2.45. The minimum atomic E-state index is -0.822. The number of amides is 1. The molecule has 0 heterocycles. The molecule has 0 spiro atoms. The molecule has 1 fully saturated rings. The Labute approximate surface area is 113 Å². The zero-order valence-corrected chi connectivity index (χ0v) is 11.1. The van der Waals surface area contributed by atoms with E-state index in [4.69, 9.17) is 5.73 Å². The van der Waals surface area contributed by atoms with Crippen LogP contribution in [0.15, 0.2) is 24.3 Å². The van der Waals surface area contributed by atoms with Gasteiger partial charge < -0.3 is 16.2 Å². The molecule has 2 aliphatic rings. The van der Waals surface area contributed by atoms with Gasteiger partial charge in [0, 0.05) is 6.42 Å². The van der Waals surface area contributed by atoms with Crippen molar-refractivity contribution in [1.82, 2.24) is 5.32 Å². The first-order chi connectivity index (χ1) is 9.00. The Morgan fingerprint density at radius 1 is 1.42 bits per heavy atom. The van der Waals surface area contributed by atoms with Crippen LogP contribution >= 0.6 is 0 Å². The molecule has 1 amide bonds. The SMILES string of the molecule is CC(N)(C(=O)N[C@@H]1c2ccccc2C[C@@H]1O)C1CC1. The molecule has 1 unspecified atom stereocenters. The van der Waals surface area contributed by atoms with Gasteiger partial charge in [0.1, 0.15) is 0 Å². The van der Waals surface area contributed by atoms with E-state index in [-0.39, 0.29) is 17.9 Å². The average molecular weight is 260 g/mol. The predicted octanol–water partition coefficient (Wildman–Crippen LogP) is 0.888. The summed E-state index contributed by atoms with van der Waals surface area (Å²) in [5.74, 6) is 0.122. The smallest absolute Gasteiger partial charge is 0.240 e. The maximum absolute atomic E-state index is 12.3. The number of aliphatic hydroxyl groups excluding tert-OH is 1. The fraction of sp³-hybridized carbons (Fsp3) is 0.533. The summed E-state index contributed by atoms with van der Waals surface area (Å²) >= 11 is 0. The van der Waals surface area contributed by atoms with Crippen LogP contribution in [0.25, 0.3) is 0 Å². The molecule has 2 aliphatic carbocycles. The van der Waals surface area contributed by atoms with E-state index < -0.39 is 11.6 Å². The van der Waals surface area contributed by atoms with Crippen molar-refractivity contribution in [3.05, 3.63) is 35.4 Å². The molecule has 3 rings (SSSR count). The summed E-state index contributed by atoms with van der Waals surface area (Å²) in [5, 5.41) is 13.1. The summed E-state index contributed by atoms with van der Waals surface area (Å²) in [6, 6.07) is 7.51. The molecular formula is C15H20N2O2. The Morgan fingerprint density at radius 2 is 2.11 bits per heavy atom. The van der Waals surface area contributed by atoms with Crippen molar-refractivity contribution in [2.75, 3.05) is 0 Å². The summed E-state index contributed by atoms with van der Waals surface area (Å²) in [4.78, 5) is 12.3. The highest BCUT2D eigenvalue weighted by molar-refractivity contribution is 5.87. The maximum Gasteiger partial charge on any atom is 0.240 e. The zero-order chi connectivity index (χ0) is 13.6. The van der Waals surface area contributed by atoms with Crippen molar-refractivity contribution in [3.63, 3.8) is 0 Å². The minimum absolute atomic E-state index is 0.157. The van der Waals surface area contributed by atoms with Gasteiger partial charge in [-0.25, -0.2) is 0 Å². The third-order valence-corrected chi connectivity index (χ3v) is 4.41. The summed E-state index contributed by atoms with van der Waals surface area (Å²) in [6.45, 7) is 1.78. The van der Waals surface area contributed by atoms with E-state index >= 15 is 0 Å². The van der Waals surface area contributed by atoms with Crippen LogP contribution < -0.4 is 11.1 Å². The van der Waals surface area contributed by atoms with Crippen molar-refractivity contribution >= 4 is 5.91 Å². The van der Waals surface area contributed by atoms with Crippen LogP contribution in [0.3, 0.4) is 0 Å². The number of nitrogens with one attached hydrogen (secondary N) is 1. The molecular weight excluding hydrogens is 240 g/mol. The normalized spacial score (nSPS) is 28.6. The monoisotopic (exact) mass is 260 g/mol. The molecule has 0 bridgehead atoms. The highest BCUT2D eigenvalue weighted by Crippen LogP contribution is 2.39. The molecule has 1 saturated carbocycles. The second kappa shape index (κ2) is 4.32. The number of hydrogen-bond donors (Lipinski definition) is 3. The maximum atomic E-state index is 12.3. The van der Waals surface area contributed by atoms with E-state index in [0.29, 0.717) is 6.42 Å². The first-order valence-electron chi connectivity index (χ1n) is 6.86. The largest absolute Gasteiger partial charge is 0.390 e. The molecule has 0 radical (unpaired) electrons. The van der Waals surface area contributed by atoms with Crippen molar-refractivity contribution < 1.29 is 9.90 Å². The van der Waals surface area contributed by atoms with Gasteiger partial charge in [0.25, 0.3) is 0 Å². The van der Waals surface area contributed by atoms with Gasteiger partial charge >= 0.3 is 0 Å². The first-order valence-corrected chi connectivity index (χ1v) is 6.86. The number of carbonyl (C=O) groups is 1. The van der Waals surface area contributed by atoms with E-state index in [0.717, 1.165) is 24.0 Å². The second-order valence-corrected chi connectivity index (χ2v) is 5.98. The van der Waals surface area contributed by atoms with Crippen molar-refractivity contribution in [3.8, 4) is 0 Å². The lowest BCUT2D eigenvalue weighted by Gasteiger charge is -2.27. The Kier molecular flexibility index (Phi) is 2.87. The number of hydrogen-bond acceptors (Lipinski definition) is 3. The van der Waals surface area contributed by atoms with Crippen LogP contribution in [0, 0.1) is 5.92 Å². The van der Waals surface area contributed by atoms with Crippen LogP contribution in [-0.2, 0) is 11.2 Å². The second-order valence-electron chi connectivity index (χ2n) is 5.98. The van der Waals surface area contributed by atoms with Gasteiger partial charge in [0.15, 0.2) is 0 Å². The van der Waals surface area contributed by atoms with Gasteiger partial charge in [0.2, 0.25) is 5.91 Å². The number of rotatable bonds is 3. The van der Waals surface area contributed by atoms with Gasteiger partial charge in [0.05, 0.1) is 17.7 Å². The van der Waals surface area contributed by atoms with Gasteiger partial charge in [-0.15, -0.1) is 0 Å². The van der Waals surface area contributed by atoms with E-state index in [1.165, 1.54) is 0 Å². The summed E-state index contributed by atoms with van der Waals surface area (Å²) in [5.41, 5.74) is 7.40. The quantitative estimate of drug-likeness (QED) is 0.755. The number of fused-ring (bicyclic) bond motifs is 1. The predicted molar refractivity (Wildman–Crippen MR) is 72.4 cm³/mol. The molecule has 4 heteroatoms. The van der Waals surface area contributed by atoms with E-state index in [1.807, 2.05) is 24.3 Å². The number of benzene rings is 1. The molecule has 4 N–H and O–H groups in total. The van der Waals surface area contributed by atoms with Crippen molar-refractivity contribution in [1.29, 1.82) is 0 Å². The Balaban J connectivity index is 1.78. The lowest BCUT2D eigenvalue weighted by molar-refractivity contribution is -0.128. The van der Waals surface area contributed by atoms with Crippen LogP contribution in [0.1, 0.15) is 36.9 Å². The third kappa shape index (κ3) is 2.15. The molecule has 3 atom stereocenters. The van der Waals surface area contributed by atoms with Crippen LogP contribution in [0.2, 0.25) is 0 Å². The molecule has 0 saturated heterocycles. The molecule has 102 valence electrons. The van der Waals surface area contributed by atoms with Crippen LogP contribution in [-0.4, -0.2) is 22.7 Å². The third-order valence-electron chi connectivity index (χ3n) is 4.41. The minimum Gasteiger partial charge on any atom is -0.390 e. The number of nitrogens with two attached hydrogens (primary N) is 1. The molecule has 4 nitrogen and oxygen atoms in total. The average Bonchev–Trinajstić information content (AvgIpc) is 3.17. The fourth-order valence-electron chi connectivity index (χ4n) is 2.91. The molecule has 0 aliphatic heterocycles.